The molecule has 0 saturated carbocycles. The van der Waals surface area contributed by atoms with Crippen LogP contribution < -0.4 is 5.32 Å². The van der Waals surface area contributed by atoms with Gasteiger partial charge in [0.15, 0.2) is 0 Å². The molecule has 1 atom stereocenters. The molecule has 3 nitrogen and oxygen atoms in total. The molecule has 2 rings (SSSR count). The van der Waals surface area contributed by atoms with Crippen molar-refractivity contribution in [1.82, 2.24) is 9.97 Å². The molecule has 0 bridgehead atoms. The lowest BCUT2D eigenvalue weighted by molar-refractivity contribution is 0.450. The Morgan fingerprint density at radius 2 is 2.10 bits per heavy atom. The summed E-state index contributed by atoms with van der Waals surface area (Å²) in [5, 5.41) is 4.14. The molecule has 110 valence electrons. The van der Waals surface area contributed by atoms with Gasteiger partial charge in [0.1, 0.15) is 17.2 Å². The van der Waals surface area contributed by atoms with E-state index in [1.54, 1.807) is 11.9 Å². The summed E-state index contributed by atoms with van der Waals surface area (Å²) in [6.45, 7) is 8.89. The quantitative estimate of drug-likeness (QED) is 0.826. The van der Waals surface area contributed by atoms with Crippen molar-refractivity contribution in [3.63, 3.8) is 0 Å². The Labute approximate surface area is 126 Å². The second-order valence-corrected chi connectivity index (χ2v) is 6.81. The van der Waals surface area contributed by atoms with Crippen molar-refractivity contribution in [1.29, 1.82) is 0 Å². The Kier molecular flexibility index (Phi) is 4.69. The molecule has 1 aliphatic rings. The molecule has 4 heteroatoms. The first-order valence-electron chi connectivity index (χ1n) is 7.37. The number of nitrogens with zero attached hydrogens (tertiary/aromatic N) is 2. The van der Waals surface area contributed by atoms with E-state index >= 15 is 0 Å². The SMILES string of the molecule is CCc1ncnc(NC2CC=C(C(C)(C)C)CC2)c1Cl. The van der Waals surface area contributed by atoms with Crippen LogP contribution >= 0.6 is 11.6 Å². The Morgan fingerprint density at radius 3 is 2.65 bits per heavy atom. The van der Waals surface area contributed by atoms with Crippen molar-refractivity contribution in [2.75, 3.05) is 5.32 Å². The predicted molar refractivity (Wildman–Crippen MR) is 85.2 cm³/mol. The van der Waals surface area contributed by atoms with E-state index in [0.29, 0.717) is 11.1 Å². The van der Waals surface area contributed by atoms with Gasteiger partial charge < -0.3 is 5.32 Å². The van der Waals surface area contributed by atoms with Gasteiger partial charge in [-0.1, -0.05) is 50.9 Å². The number of rotatable bonds is 3. The zero-order chi connectivity index (χ0) is 14.8. The maximum atomic E-state index is 6.33. The number of halogens is 1. The minimum absolute atomic E-state index is 0.285. The average Bonchev–Trinajstić information content (AvgIpc) is 2.41. The number of aryl methyl sites for hydroxylation is 1. The Bertz CT molecular complexity index is 503. The summed E-state index contributed by atoms with van der Waals surface area (Å²) in [5.41, 5.74) is 2.75. The van der Waals surface area contributed by atoms with Crippen LogP contribution in [-0.2, 0) is 6.42 Å². The van der Waals surface area contributed by atoms with Crippen molar-refractivity contribution in [3.8, 4) is 0 Å². The van der Waals surface area contributed by atoms with Crippen LogP contribution in [0.2, 0.25) is 5.02 Å². The van der Waals surface area contributed by atoms with Gasteiger partial charge in [0, 0.05) is 6.04 Å². The fourth-order valence-electron chi connectivity index (χ4n) is 2.59. The third-order valence-electron chi connectivity index (χ3n) is 3.91. The third-order valence-corrected chi connectivity index (χ3v) is 4.31. The largest absolute Gasteiger partial charge is 0.366 e. The van der Waals surface area contributed by atoms with Gasteiger partial charge in [-0.3, -0.25) is 0 Å². The molecule has 1 aromatic heterocycles. The van der Waals surface area contributed by atoms with Crippen molar-refractivity contribution >= 4 is 17.4 Å². The Balaban J connectivity index is 2.05. The fourth-order valence-corrected chi connectivity index (χ4v) is 2.88. The summed E-state index contributed by atoms with van der Waals surface area (Å²) >= 11 is 6.33. The summed E-state index contributed by atoms with van der Waals surface area (Å²) < 4.78 is 0. The molecular weight excluding hydrogens is 270 g/mol. The Hall–Kier alpha value is -1.09. The van der Waals surface area contributed by atoms with E-state index in [0.717, 1.165) is 37.2 Å². The van der Waals surface area contributed by atoms with Crippen molar-refractivity contribution < 1.29 is 0 Å². The van der Waals surface area contributed by atoms with Crippen LogP contribution in [0.1, 0.15) is 52.7 Å². The van der Waals surface area contributed by atoms with Gasteiger partial charge in [0.2, 0.25) is 0 Å². The molecule has 0 spiro atoms. The van der Waals surface area contributed by atoms with Crippen molar-refractivity contribution in [2.45, 2.75) is 59.4 Å². The first kappa shape index (κ1) is 15.3. The zero-order valence-electron chi connectivity index (χ0n) is 12.8. The smallest absolute Gasteiger partial charge is 0.148 e. The average molecular weight is 294 g/mol. The number of anilines is 1. The minimum Gasteiger partial charge on any atom is -0.366 e. The highest BCUT2D eigenvalue weighted by Crippen LogP contribution is 2.34. The number of aromatic nitrogens is 2. The van der Waals surface area contributed by atoms with Crippen molar-refractivity contribution in [3.05, 3.63) is 28.7 Å². The highest BCUT2D eigenvalue weighted by Gasteiger charge is 2.23. The predicted octanol–water partition coefficient (Wildman–Crippen LogP) is 4.63. The molecule has 1 unspecified atom stereocenters. The van der Waals surface area contributed by atoms with Crippen LogP contribution in [0.3, 0.4) is 0 Å². The van der Waals surface area contributed by atoms with E-state index in [-0.39, 0.29) is 5.41 Å². The first-order valence-corrected chi connectivity index (χ1v) is 7.75. The lowest BCUT2D eigenvalue weighted by Crippen LogP contribution is -2.25. The van der Waals surface area contributed by atoms with Crippen LogP contribution in [0.4, 0.5) is 5.82 Å². The molecule has 1 heterocycles. The van der Waals surface area contributed by atoms with Crippen LogP contribution in [0, 0.1) is 5.41 Å². The van der Waals surface area contributed by atoms with E-state index < -0.39 is 0 Å². The van der Waals surface area contributed by atoms with Gasteiger partial charge in [0.05, 0.1) is 5.69 Å². The lowest BCUT2D eigenvalue weighted by Gasteiger charge is -2.30. The molecular formula is C16H24ClN3. The van der Waals surface area contributed by atoms with E-state index in [2.05, 4.69) is 49.1 Å². The highest BCUT2D eigenvalue weighted by atomic mass is 35.5. The molecule has 0 saturated heterocycles. The second-order valence-electron chi connectivity index (χ2n) is 6.43. The molecule has 0 amide bonds. The maximum absolute atomic E-state index is 6.33. The maximum Gasteiger partial charge on any atom is 0.148 e. The summed E-state index contributed by atoms with van der Waals surface area (Å²) in [5.74, 6) is 0.774. The standard InChI is InChI=1S/C16H24ClN3/c1-5-13-14(17)15(19-10-18-13)20-12-8-6-11(7-9-12)16(2,3)4/h6,10,12H,5,7-9H2,1-4H3,(H,18,19,20). The normalized spacial score (nSPS) is 19.6. The van der Waals surface area contributed by atoms with Crippen LogP contribution in [0.25, 0.3) is 0 Å². The fraction of sp³-hybridized carbons (Fsp3) is 0.625. The van der Waals surface area contributed by atoms with Gasteiger partial charge in [0.25, 0.3) is 0 Å². The highest BCUT2D eigenvalue weighted by molar-refractivity contribution is 6.33. The molecule has 1 N–H and O–H groups in total. The summed E-state index contributed by atoms with van der Waals surface area (Å²) in [7, 11) is 0. The molecule has 0 aliphatic heterocycles. The van der Waals surface area contributed by atoms with E-state index in [9.17, 15) is 0 Å². The monoisotopic (exact) mass is 293 g/mol. The molecule has 20 heavy (non-hydrogen) atoms. The van der Waals surface area contributed by atoms with Gasteiger partial charge >= 0.3 is 0 Å². The Morgan fingerprint density at radius 1 is 1.35 bits per heavy atom. The van der Waals surface area contributed by atoms with Gasteiger partial charge in [-0.2, -0.15) is 0 Å². The van der Waals surface area contributed by atoms with Crippen LogP contribution in [-0.4, -0.2) is 16.0 Å². The molecule has 0 aromatic carbocycles. The molecule has 0 fully saturated rings. The van der Waals surface area contributed by atoms with E-state index in [1.165, 1.54) is 0 Å². The molecule has 1 aromatic rings. The summed E-state index contributed by atoms with van der Waals surface area (Å²) in [6, 6.07) is 0.415. The molecule has 0 radical (unpaired) electrons. The van der Waals surface area contributed by atoms with Gasteiger partial charge in [-0.25, -0.2) is 9.97 Å². The number of hydrogen-bond acceptors (Lipinski definition) is 3. The van der Waals surface area contributed by atoms with Gasteiger partial charge in [-0.05, 0) is 31.1 Å². The lowest BCUT2D eigenvalue weighted by atomic mass is 9.79. The van der Waals surface area contributed by atoms with Gasteiger partial charge in [-0.15, -0.1) is 0 Å². The van der Waals surface area contributed by atoms with Crippen molar-refractivity contribution in [2.24, 2.45) is 5.41 Å². The number of hydrogen-bond donors (Lipinski definition) is 1. The van der Waals surface area contributed by atoms with E-state index in [4.69, 9.17) is 11.6 Å². The van der Waals surface area contributed by atoms with Crippen LogP contribution in [0.15, 0.2) is 18.0 Å². The third kappa shape index (κ3) is 3.51. The second kappa shape index (κ2) is 6.13. The minimum atomic E-state index is 0.285. The summed E-state index contributed by atoms with van der Waals surface area (Å²) in [6.07, 6.45) is 8.10. The number of nitrogens with one attached hydrogen (secondary N) is 1. The summed E-state index contributed by atoms with van der Waals surface area (Å²) in [4.78, 5) is 8.47. The topological polar surface area (TPSA) is 37.8 Å². The first-order chi connectivity index (χ1) is 9.41. The van der Waals surface area contributed by atoms with Crippen LogP contribution in [0.5, 0.6) is 0 Å². The zero-order valence-corrected chi connectivity index (χ0v) is 13.6. The number of allylic oxidation sites excluding steroid dienone is 1. The molecule has 1 aliphatic carbocycles. The van der Waals surface area contributed by atoms with E-state index in [1.807, 2.05) is 0 Å².